The molecular weight excluding hydrogens is 695 g/mol. The van der Waals surface area contributed by atoms with E-state index in [1.807, 2.05) is 0 Å². The van der Waals surface area contributed by atoms with E-state index in [-0.39, 0.29) is 56.9 Å². The van der Waals surface area contributed by atoms with Gasteiger partial charge in [0.05, 0.1) is 0 Å². The quantitative estimate of drug-likeness (QED) is 0.129. The topological polar surface area (TPSA) is 0 Å². The third-order valence-corrected chi connectivity index (χ3v) is 9.42. The van der Waals surface area contributed by atoms with Crippen LogP contribution in [0.1, 0.15) is 54.0 Å². The van der Waals surface area contributed by atoms with Crippen LogP contribution in [0, 0.1) is 12.0 Å². The van der Waals surface area contributed by atoms with Crippen LogP contribution in [-0.2, 0) is 32.6 Å². The van der Waals surface area contributed by atoms with E-state index < -0.39 is 0 Å². The van der Waals surface area contributed by atoms with Crippen molar-refractivity contribution in [2.45, 2.75) is 45.7 Å². The monoisotopic (exact) mass is 729 g/mol. The van der Waals surface area contributed by atoms with Gasteiger partial charge >= 0.3 is 26.2 Å². The normalized spacial score (nSPS) is 14.3. The second-order valence-corrected chi connectivity index (χ2v) is 13.0. The molecule has 0 saturated carbocycles. The molecule has 2 unspecified atom stereocenters. The third kappa shape index (κ3) is 6.15. The van der Waals surface area contributed by atoms with Crippen LogP contribution >= 0.6 is 0 Å². The maximum atomic E-state index is 3.77. The molecule has 0 amide bonds. The van der Waals surface area contributed by atoms with Crippen molar-refractivity contribution in [1.29, 1.82) is 0 Å². The summed E-state index contributed by atoms with van der Waals surface area (Å²) in [6.45, 7) is 9.02. The number of fused-ring (bicyclic) bond motifs is 6. The predicted octanol–water partition coefficient (Wildman–Crippen LogP) is 5.40. The molecule has 0 spiro atoms. The predicted molar refractivity (Wildman–Crippen MR) is 187 cm³/mol. The van der Waals surface area contributed by atoms with Crippen molar-refractivity contribution >= 4 is 37.1 Å². The van der Waals surface area contributed by atoms with Crippen LogP contribution in [0.2, 0.25) is 13.1 Å². The van der Waals surface area contributed by atoms with Crippen molar-refractivity contribution in [3.63, 3.8) is 0 Å². The SMILES string of the molecule is CCC(C)C1=Cc2c(-c3c4ccccc4cc4ccccc34)cccc2C1c1[c-]ccc2c1Cc1ccccc1-2.C[Si]C.[Cl-].[Cl-].[Zr+3]. The largest absolute Gasteiger partial charge is 3.00 e. The van der Waals surface area contributed by atoms with Gasteiger partial charge in [-0.15, -0.1) is 16.7 Å². The zero-order valence-corrected chi connectivity index (χ0v) is 31.8. The summed E-state index contributed by atoms with van der Waals surface area (Å²) in [5.74, 6) is 0.720. The Labute approximate surface area is 308 Å². The first kappa shape index (κ1) is 36.1. The second kappa shape index (κ2) is 15.4. The van der Waals surface area contributed by atoms with Crippen LogP contribution in [0.25, 0.3) is 49.9 Å². The van der Waals surface area contributed by atoms with E-state index in [0.717, 1.165) is 22.4 Å². The maximum Gasteiger partial charge on any atom is 3.00 e. The molecule has 0 heterocycles. The van der Waals surface area contributed by atoms with Crippen molar-refractivity contribution in [1.82, 2.24) is 0 Å². The molecule has 0 bridgehead atoms. The average Bonchev–Trinajstić information content (AvgIpc) is 3.63. The van der Waals surface area contributed by atoms with Crippen molar-refractivity contribution in [3.8, 4) is 22.3 Å². The van der Waals surface area contributed by atoms with Gasteiger partial charge in [-0.1, -0.05) is 130 Å². The first-order valence-electron chi connectivity index (χ1n) is 15.6. The first-order chi connectivity index (χ1) is 21.1. The summed E-state index contributed by atoms with van der Waals surface area (Å²) in [6, 6.07) is 44.2. The fourth-order valence-corrected chi connectivity index (χ4v) is 7.31. The van der Waals surface area contributed by atoms with Gasteiger partial charge in [0.2, 0.25) is 0 Å². The molecule has 3 radical (unpaired) electrons. The van der Waals surface area contributed by atoms with E-state index in [0.29, 0.717) is 5.92 Å². The standard InChI is InChI=1S/C40H31.C2H6Si.2ClH.Zr/c1-3-25(2)36-24-38-34(39-30-16-8-5-12-26(30)22-27-13-6-9-17-31(27)39)20-11-21-35(38)40(36)33-19-10-18-32-29-15-7-4-14-28(29)23-37(32)33;1-3-2;;;/h4-18,20-22,24-25,40H,3,23H2,1-2H3;1-2H3;2*1H;/q-1;;;;+3/p-2. The van der Waals surface area contributed by atoms with Crippen LogP contribution < -0.4 is 24.8 Å². The van der Waals surface area contributed by atoms with Crippen molar-refractivity contribution in [3.05, 3.63) is 149 Å². The molecule has 2 aliphatic rings. The summed E-state index contributed by atoms with van der Waals surface area (Å²) in [5, 5.41) is 5.22. The fraction of sp³-hybridized carbons (Fsp3) is 0.190. The number of hydrogen-bond donors (Lipinski definition) is 0. The molecule has 2 aliphatic carbocycles. The first-order valence-corrected chi connectivity index (χ1v) is 17.6. The van der Waals surface area contributed by atoms with Crippen molar-refractivity contribution in [2.24, 2.45) is 5.92 Å². The Bertz CT molecular complexity index is 1970. The molecule has 6 aromatic rings. The molecule has 46 heavy (non-hydrogen) atoms. The molecule has 0 saturated heterocycles. The molecule has 2 atom stereocenters. The molecule has 0 N–H and O–H groups in total. The van der Waals surface area contributed by atoms with E-state index in [9.17, 15) is 0 Å². The Kier molecular flexibility index (Phi) is 12.1. The van der Waals surface area contributed by atoms with E-state index in [1.165, 1.54) is 77.2 Å². The molecule has 0 aromatic heterocycles. The molecule has 227 valence electrons. The fourth-order valence-electron chi connectivity index (χ4n) is 7.31. The average molecular weight is 732 g/mol. The van der Waals surface area contributed by atoms with Gasteiger partial charge < -0.3 is 24.8 Å². The number of hydrogen-bond acceptors (Lipinski definition) is 0. The van der Waals surface area contributed by atoms with Gasteiger partial charge in [0.1, 0.15) is 0 Å². The van der Waals surface area contributed by atoms with Crippen molar-refractivity contribution < 1.29 is 51.0 Å². The molecular formula is C42H37Cl2SiZr. The molecule has 4 heteroatoms. The summed E-state index contributed by atoms with van der Waals surface area (Å²) in [5.41, 5.74) is 14.0. The Hall–Kier alpha value is -2.74. The summed E-state index contributed by atoms with van der Waals surface area (Å²) >= 11 is 0. The minimum Gasteiger partial charge on any atom is -1.00 e. The minimum atomic E-state index is 0. The summed E-state index contributed by atoms with van der Waals surface area (Å²) in [4.78, 5) is 0. The Morgan fingerprint density at radius 2 is 1.37 bits per heavy atom. The van der Waals surface area contributed by atoms with Crippen LogP contribution in [0.3, 0.4) is 0 Å². The molecule has 8 rings (SSSR count). The van der Waals surface area contributed by atoms with E-state index in [2.05, 4.69) is 148 Å². The Morgan fingerprint density at radius 1 is 0.761 bits per heavy atom. The van der Waals surface area contributed by atoms with E-state index in [4.69, 9.17) is 0 Å². The molecule has 0 nitrogen and oxygen atoms in total. The van der Waals surface area contributed by atoms with Gasteiger partial charge in [-0.3, -0.25) is 0 Å². The van der Waals surface area contributed by atoms with Gasteiger partial charge in [0.25, 0.3) is 0 Å². The number of rotatable bonds is 4. The van der Waals surface area contributed by atoms with Gasteiger partial charge in [0, 0.05) is 15.4 Å². The van der Waals surface area contributed by atoms with E-state index in [1.54, 1.807) is 0 Å². The smallest absolute Gasteiger partial charge is 1.00 e. The van der Waals surface area contributed by atoms with Crippen LogP contribution in [0.15, 0.2) is 115 Å². The zero-order valence-electron chi connectivity index (χ0n) is 26.8. The van der Waals surface area contributed by atoms with Gasteiger partial charge in [-0.05, 0) is 79.8 Å². The van der Waals surface area contributed by atoms with Crippen LogP contribution in [0.4, 0.5) is 0 Å². The number of allylic oxidation sites excluding steroid dienone is 1. The number of halogens is 2. The van der Waals surface area contributed by atoms with Gasteiger partial charge in [-0.2, -0.15) is 18.2 Å². The van der Waals surface area contributed by atoms with E-state index >= 15 is 0 Å². The molecule has 6 aromatic carbocycles. The molecule has 0 fully saturated rings. The van der Waals surface area contributed by atoms with Gasteiger partial charge in [-0.25, -0.2) is 0 Å². The van der Waals surface area contributed by atoms with Gasteiger partial charge in [0.15, 0.2) is 0 Å². The zero-order chi connectivity index (χ0) is 29.5. The van der Waals surface area contributed by atoms with Crippen molar-refractivity contribution in [2.75, 3.05) is 0 Å². The maximum absolute atomic E-state index is 3.77. The minimum absolute atomic E-state index is 0. The Morgan fingerprint density at radius 3 is 2.04 bits per heavy atom. The summed E-state index contributed by atoms with van der Waals surface area (Å²) in [7, 11) is 1.08. The summed E-state index contributed by atoms with van der Waals surface area (Å²) < 4.78 is 0. The summed E-state index contributed by atoms with van der Waals surface area (Å²) in [6.07, 6.45) is 4.65. The Balaban J connectivity index is 0.000000772. The third-order valence-electron chi connectivity index (χ3n) is 9.42. The second-order valence-electron chi connectivity index (χ2n) is 12.0. The van der Waals surface area contributed by atoms with Crippen LogP contribution in [-0.4, -0.2) is 9.52 Å². The van der Waals surface area contributed by atoms with Crippen LogP contribution in [0.5, 0.6) is 0 Å². The number of benzene rings is 6. The molecule has 0 aliphatic heterocycles.